The highest BCUT2D eigenvalue weighted by Gasteiger charge is 2.25. The van der Waals surface area contributed by atoms with Gasteiger partial charge in [0.05, 0.1) is 0 Å². The zero-order valence-electron chi connectivity index (χ0n) is 10.8. The quantitative estimate of drug-likeness (QED) is 0.728. The average Bonchev–Trinajstić information content (AvgIpc) is 2.28. The fourth-order valence-corrected chi connectivity index (χ4v) is 2.77. The maximum Gasteiger partial charge on any atom is 0.0107 e. The molecule has 2 heteroatoms. The molecule has 0 bridgehead atoms. The van der Waals surface area contributed by atoms with Crippen molar-refractivity contribution in [2.45, 2.75) is 52.5 Å². The first kappa shape index (κ1) is 13.0. The molecule has 0 heterocycles. The molecule has 0 radical (unpaired) electrons. The maximum atomic E-state index is 3.66. The summed E-state index contributed by atoms with van der Waals surface area (Å²) in [6, 6.07) is 0.782. The summed E-state index contributed by atoms with van der Waals surface area (Å²) >= 11 is 0. The smallest absolute Gasteiger partial charge is 0.0107 e. The third kappa shape index (κ3) is 4.12. The second kappa shape index (κ2) is 7.24. The van der Waals surface area contributed by atoms with Gasteiger partial charge in [0.2, 0.25) is 0 Å². The van der Waals surface area contributed by atoms with Crippen molar-refractivity contribution in [3.63, 3.8) is 0 Å². The number of hydrogen-bond acceptors (Lipinski definition) is 2. The molecule has 2 nitrogen and oxygen atoms in total. The standard InChI is InChI=1S/C13H28N2/c1-4-14-13-10-8-7-9-12(13)11-15(5-2)6-3/h12-14H,4-11H2,1-3H3. The molecular formula is C13H28N2. The van der Waals surface area contributed by atoms with Crippen molar-refractivity contribution < 1.29 is 0 Å². The van der Waals surface area contributed by atoms with E-state index in [1.54, 1.807) is 0 Å². The minimum Gasteiger partial charge on any atom is -0.314 e. The molecule has 0 spiro atoms. The van der Waals surface area contributed by atoms with Crippen LogP contribution < -0.4 is 5.32 Å². The molecule has 1 saturated carbocycles. The van der Waals surface area contributed by atoms with Gasteiger partial charge in [0, 0.05) is 12.6 Å². The summed E-state index contributed by atoms with van der Waals surface area (Å²) in [6.45, 7) is 11.6. The van der Waals surface area contributed by atoms with Gasteiger partial charge in [-0.1, -0.05) is 33.6 Å². The van der Waals surface area contributed by atoms with Gasteiger partial charge >= 0.3 is 0 Å². The molecule has 1 N–H and O–H groups in total. The fourth-order valence-electron chi connectivity index (χ4n) is 2.77. The Morgan fingerprint density at radius 3 is 2.33 bits per heavy atom. The predicted octanol–water partition coefficient (Wildman–Crippen LogP) is 2.50. The van der Waals surface area contributed by atoms with Crippen LogP contribution in [0.2, 0.25) is 0 Å². The molecule has 1 aliphatic rings. The van der Waals surface area contributed by atoms with E-state index in [-0.39, 0.29) is 0 Å². The molecule has 0 amide bonds. The van der Waals surface area contributed by atoms with Crippen LogP contribution in [-0.2, 0) is 0 Å². The van der Waals surface area contributed by atoms with Crippen LogP contribution in [0.25, 0.3) is 0 Å². The third-order valence-electron chi connectivity index (χ3n) is 3.76. The summed E-state index contributed by atoms with van der Waals surface area (Å²) in [5.74, 6) is 0.888. The van der Waals surface area contributed by atoms with Gasteiger partial charge in [-0.15, -0.1) is 0 Å². The first-order valence-electron chi connectivity index (χ1n) is 6.77. The summed E-state index contributed by atoms with van der Waals surface area (Å²) in [5.41, 5.74) is 0. The van der Waals surface area contributed by atoms with Crippen LogP contribution in [0.3, 0.4) is 0 Å². The summed E-state index contributed by atoms with van der Waals surface area (Å²) in [5, 5.41) is 3.66. The van der Waals surface area contributed by atoms with E-state index in [0.717, 1.165) is 18.5 Å². The van der Waals surface area contributed by atoms with Crippen molar-refractivity contribution in [2.75, 3.05) is 26.2 Å². The summed E-state index contributed by atoms with van der Waals surface area (Å²) < 4.78 is 0. The van der Waals surface area contributed by atoms with E-state index in [2.05, 4.69) is 31.0 Å². The summed E-state index contributed by atoms with van der Waals surface area (Å²) in [7, 11) is 0. The lowest BCUT2D eigenvalue weighted by molar-refractivity contribution is 0.179. The number of nitrogens with zero attached hydrogens (tertiary/aromatic N) is 1. The monoisotopic (exact) mass is 212 g/mol. The Kier molecular flexibility index (Phi) is 6.26. The molecule has 15 heavy (non-hydrogen) atoms. The summed E-state index contributed by atoms with van der Waals surface area (Å²) in [4.78, 5) is 2.57. The maximum absolute atomic E-state index is 3.66. The third-order valence-corrected chi connectivity index (χ3v) is 3.76. The van der Waals surface area contributed by atoms with Gasteiger partial charge in [-0.3, -0.25) is 0 Å². The molecule has 0 aromatic carbocycles. The molecule has 2 unspecified atom stereocenters. The van der Waals surface area contributed by atoms with E-state index in [9.17, 15) is 0 Å². The second-order valence-corrected chi connectivity index (χ2v) is 4.69. The molecule has 1 fully saturated rings. The topological polar surface area (TPSA) is 15.3 Å². The van der Waals surface area contributed by atoms with Crippen molar-refractivity contribution in [1.29, 1.82) is 0 Å². The van der Waals surface area contributed by atoms with Gasteiger partial charge in [0.25, 0.3) is 0 Å². The van der Waals surface area contributed by atoms with Crippen LogP contribution >= 0.6 is 0 Å². The van der Waals surface area contributed by atoms with E-state index >= 15 is 0 Å². The molecular weight excluding hydrogens is 184 g/mol. The van der Waals surface area contributed by atoms with E-state index in [1.165, 1.54) is 45.3 Å². The zero-order valence-corrected chi connectivity index (χ0v) is 10.8. The molecule has 1 aliphatic carbocycles. The lowest BCUT2D eigenvalue weighted by Crippen LogP contribution is -2.44. The first-order chi connectivity index (χ1) is 7.31. The van der Waals surface area contributed by atoms with Crippen LogP contribution in [0, 0.1) is 5.92 Å². The zero-order chi connectivity index (χ0) is 11.1. The number of rotatable bonds is 6. The van der Waals surface area contributed by atoms with Crippen LogP contribution in [0.4, 0.5) is 0 Å². The van der Waals surface area contributed by atoms with Crippen molar-refractivity contribution in [2.24, 2.45) is 5.92 Å². The Morgan fingerprint density at radius 2 is 1.73 bits per heavy atom. The van der Waals surface area contributed by atoms with E-state index in [4.69, 9.17) is 0 Å². The predicted molar refractivity (Wildman–Crippen MR) is 67.2 cm³/mol. The Balaban J connectivity index is 2.40. The highest BCUT2D eigenvalue weighted by atomic mass is 15.1. The Hall–Kier alpha value is -0.0800. The highest BCUT2D eigenvalue weighted by Crippen LogP contribution is 2.25. The molecule has 0 aliphatic heterocycles. The van der Waals surface area contributed by atoms with Crippen LogP contribution in [0.5, 0.6) is 0 Å². The Labute approximate surface area is 95.4 Å². The van der Waals surface area contributed by atoms with Gasteiger partial charge in [-0.2, -0.15) is 0 Å². The largest absolute Gasteiger partial charge is 0.314 e. The molecule has 0 aromatic rings. The number of nitrogens with one attached hydrogen (secondary N) is 1. The Bertz CT molecular complexity index is 153. The molecule has 0 saturated heterocycles. The van der Waals surface area contributed by atoms with Gasteiger partial charge in [0.15, 0.2) is 0 Å². The van der Waals surface area contributed by atoms with Gasteiger partial charge in [-0.25, -0.2) is 0 Å². The Morgan fingerprint density at radius 1 is 1.07 bits per heavy atom. The lowest BCUT2D eigenvalue weighted by atomic mass is 9.84. The first-order valence-corrected chi connectivity index (χ1v) is 6.77. The minimum atomic E-state index is 0.782. The lowest BCUT2D eigenvalue weighted by Gasteiger charge is -2.35. The van der Waals surface area contributed by atoms with Crippen LogP contribution in [0.15, 0.2) is 0 Å². The average molecular weight is 212 g/mol. The van der Waals surface area contributed by atoms with Gasteiger partial charge in [0.1, 0.15) is 0 Å². The summed E-state index contributed by atoms with van der Waals surface area (Å²) in [6.07, 6.45) is 5.67. The molecule has 90 valence electrons. The minimum absolute atomic E-state index is 0.782. The van der Waals surface area contributed by atoms with E-state index in [1.807, 2.05) is 0 Å². The van der Waals surface area contributed by atoms with Gasteiger partial charge in [-0.05, 0) is 38.4 Å². The normalized spacial score (nSPS) is 27.2. The molecule has 0 aromatic heterocycles. The van der Waals surface area contributed by atoms with Gasteiger partial charge < -0.3 is 10.2 Å². The highest BCUT2D eigenvalue weighted by molar-refractivity contribution is 4.82. The van der Waals surface area contributed by atoms with Crippen LogP contribution in [0.1, 0.15) is 46.5 Å². The van der Waals surface area contributed by atoms with Crippen molar-refractivity contribution in [3.8, 4) is 0 Å². The SMILES string of the molecule is CCNC1CCCCC1CN(CC)CC. The van der Waals surface area contributed by atoms with E-state index < -0.39 is 0 Å². The van der Waals surface area contributed by atoms with E-state index in [0.29, 0.717) is 0 Å². The fraction of sp³-hybridized carbons (Fsp3) is 1.00. The van der Waals surface area contributed by atoms with Crippen molar-refractivity contribution in [1.82, 2.24) is 10.2 Å². The van der Waals surface area contributed by atoms with Crippen LogP contribution in [-0.4, -0.2) is 37.1 Å². The number of hydrogen-bond donors (Lipinski definition) is 1. The van der Waals surface area contributed by atoms with Crippen molar-refractivity contribution >= 4 is 0 Å². The molecule has 1 rings (SSSR count). The second-order valence-electron chi connectivity index (χ2n) is 4.69. The van der Waals surface area contributed by atoms with Crippen molar-refractivity contribution in [3.05, 3.63) is 0 Å². The molecule has 2 atom stereocenters.